The summed E-state index contributed by atoms with van der Waals surface area (Å²) in [5, 5.41) is 12.6. The third-order valence-corrected chi connectivity index (χ3v) is 5.44. The van der Waals surface area contributed by atoms with Gasteiger partial charge in [0.1, 0.15) is 11.5 Å². The van der Waals surface area contributed by atoms with Gasteiger partial charge in [-0.05, 0) is 49.7 Å². The molecule has 1 aromatic carbocycles. The van der Waals surface area contributed by atoms with Crippen LogP contribution in [0.3, 0.4) is 0 Å². The number of carbonyl (C=O) groups is 1. The Morgan fingerprint density at radius 1 is 1.43 bits per heavy atom. The molecule has 2 aromatic heterocycles. The van der Waals surface area contributed by atoms with Crippen molar-refractivity contribution in [2.24, 2.45) is 0 Å². The molecule has 0 aliphatic carbocycles. The standard InChI is InChI=1S/C21H23ClN4O3S/c1-4-9-26-20(15(3)29-18-8-7-16(22)11-14(18)2)24-25-21(26)30-13-19(27)23-12-17-6-5-10-28-17/h4-8,10-11,15H,1,9,12-13H2,2-3H3,(H,23,27). The van der Waals surface area contributed by atoms with Crippen LogP contribution < -0.4 is 10.1 Å². The highest BCUT2D eigenvalue weighted by atomic mass is 35.5. The second kappa shape index (κ2) is 10.4. The van der Waals surface area contributed by atoms with Gasteiger partial charge >= 0.3 is 0 Å². The maximum atomic E-state index is 12.1. The van der Waals surface area contributed by atoms with Crippen molar-refractivity contribution >= 4 is 29.3 Å². The van der Waals surface area contributed by atoms with Crippen LogP contribution >= 0.6 is 23.4 Å². The minimum atomic E-state index is -0.348. The summed E-state index contributed by atoms with van der Waals surface area (Å²) in [5.74, 6) is 2.18. The van der Waals surface area contributed by atoms with Gasteiger partial charge in [-0.3, -0.25) is 9.36 Å². The van der Waals surface area contributed by atoms with Crippen LogP contribution in [0, 0.1) is 6.92 Å². The van der Waals surface area contributed by atoms with Crippen molar-refractivity contribution < 1.29 is 13.9 Å². The Bertz CT molecular complexity index is 1000. The first-order valence-corrected chi connectivity index (χ1v) is 10.7. The zero-order valence-corrected chi connectivity index (χ0v) is 18.4. The Hall–Kier alpha value is -2.71. The molecule has 30 heavy (non-hydrogen) atoms. The SMILES string of the molecule is C=CCn1c(SCC(=O)NCc2ccco2)nnc1C(C)Oc1ccc(Cl)cc1C. The number of allylic oxidation sites excluding steroid dienone is 1. The van der Waals surface area contributed by atoms with Crippen LogP contribution in [-0.2, 0) is 17.9 Å². The lowest BCUT2D eigenvalue weighted by Crippen LogP contribution is -2.24. The van der Waals surface area contributed by atoms with E-state index in [1.807, 2.05) is 36.6 Å². The Balaban J connectivity index is 1.64. The number of rotatable bonds is 10. The monoisotopic (exact) mass is 446 g/mol. The summed E-state index contributed by atoms with van der Waals surface area (Å²) >= 11 is 7.33. The molecule has 0 saturated heterocycles. The summed E-state index contributed by atoms with van der Waals surface area (Å²) in [4.78, 5) is 12.1. The van der Waals surface area contributed by atoms with Gasteiger partial charge in [0.05, 0.1) is 18.6 Å². The minimum Gasteiger partial charge on any atom is -0.482 e. The molecule has 7 nitrogen and oxygen atoms in total. The van der Waals surface area contributed by atoms with Crippen LogP contribution in [0.5, 0.6) is 5.75 Å². The lowest BCUT2D eigenvalue weighted by molar-refractivity contribution is -0.118. The van der Waals surface area contributed by atoms with Gasteiger partial charge in [0.25, 0.3) is 0 Å². The summed E-state index contributed by atoms with van der Waals surface area (Å²) in [7, 11) is 0. The highest BCUT2D eigenvalue weighted by Crippen LogP contribution is 2.28. The molecule has 0 fully saturated rings. The molecule has 3 rings (SSSR count). The normalized spacial score (nSPS) is 11.8. The number of ether oxygens (including phenoxy) is 1. The van der Waals surface area contributed by atoms with E-state index in [2.05, 4.69) is 22.1 Å². The fraction of sp³-hybridized carbons (Fsp3) is 0.286. The van der Waals surface area contributed by atoms with E-state index in [4.69, 9.17) is 20.8 Å². The molecule has 158 valence electrons. The molecule has 0 bridgehead atoms. The Morgan fingerprint density at radius 2 is 2.27 bits per heavy atom. The largest absolute Gasteiger partial charge is 0.482 e. The van der Waals surface area contributed by atoms with Crippen LogP contribution in [0.1, 0.15) is 30.2 Å². The first-order chi connectivity index (χ1) is 14.5. The van der Waals surface area contributed by atoms with Crippen LogP contribution in [-0.4, -0.2) is 26.4 Å². The number of hydrogen-bond acceptors (Lipinski definition) is 6. The van der Waals surface area contributed by atoms with Gasteiger partial charge in [-0.1, -0.05) is 29.4 Å². The third kappa shape index (κ3) is 5.67. The summed E-state index contributed by atoms with van der Waals surface area (Å²) < 4.78 is 13.2. The zero-order valence-electron chi connectivity index (χ0n) is 16.8. The van der Waals surface area contributed by atoms with Gasteiger partial charge in [-0.15, -0.1) is 16.8 Å². The molecular formula is C21H23ClN4O3S. The number of benzene rings is 1. The number of aromatic nitrogens is 3. The molecule has 1 unspecified atom stereocenters. The fourth-order valence-corrected chi connectivity index (χ4v) is 3.79. The predicted molar refractivity (Wildman–Crippen MR) is 117 cm³/mol. The van der Waals surface area contributed by atoms with Crippen LogP contribution in [0.25, 0.3) is 0 Å². The topological polar surface area (TPSA) is 82.2 Å². The highest BCUT2D eigenvalue weighted by Gasteiger charge is 2.20. The summed E-state index contributed by atoms with van der Waals surface area (Å²) in [6.07, 6.45) is 2.98. The van der Waals surface area contributed by atoms with E-state index in [1.165, 1.54) is 11.8 Å². The number of carbonyl (C=O) groups excluding carboxylic acids is 1. The highest BCUT2D eigenvalue weighted by molar-refractivity contribution is 7.99. The quantitative estimate of drug-likeness (QED) is 0.363. The minimum absolute atomic E-state index is 0.118. The number of nitrogens with zero attached hydrogens (tertiary/aromatic N) is 3. The Labute approximate surface area is 184 Å². The Kier molecular flexibility index (Phi) is 7.59. The van der Waals surface area contributed by atoms with Crippen molar-refractivity contribution in [1.82, 2.24) is 20.1 Å². The average Bonchev–Trinajstić information content (AvgIpc) is 3.37. The molecule has 0 aliphatic rings. The van der Waals surface area contributed by atoms with E-state index in [0.29, 0.717) is 34.9 Å². The van der Waals surface area contributed by atoms with Gasteiger partial charge in [-0.25, -0.2) is 0 Å². The van der Waals surface area contributed by atoms with E-state index in [-0.39, 0.29) is 17.8 Å². The van der Waals surface area contributed by atoms with Crippen molar-refractivity contribution in [1.29, 1.82) is 0 Å². The van der Waals surface area contributed by atoms with Gasteiger partial charge < -0.3 is 14.5 Å². The third-order valence-electron chi connectivity index (χ3n) is 4.23. The maximum absolute atomic E-state index is 12.1. The van der Waals surface area contributed by atoms with E-state index in [0.717, 1.165) is 11.3 Å². The first-order valence-electron chi connectivity index (χ1n) is 9.36. The number of amides is 1. The van der Waals surface area contributed by atoms with Crippen molar-refractivity contribution in [2.75, 3.05) is 5.75 Å². The molecule has 9 heteroatoms. The lowest BCUT2D eigenvalue weighted by atomic mass is 10.2. The molecule has 1 atom stereocenters. The molecule has 3 aromatic rings. The van der Waals surface area contributed by atoms with Gasteiger partial charge in [0.2, 0.25) is 5.91 Å². The number of aryl methyl sites for hydroxylation is 1. The second-order valence-electron chi connectivity index (χ2n) is 6.55. The molecule has 0 spiro atoms. The molecule has 2 heterocycles. The van der Waals surface area contributed by atoms with Crippen LogP contribution in [0.4, 0.5) is 0 Å². The maximum Gasteiger partial charge on any atom is 0.230 e. The lowest BCUT2D eigenvalue weighted by Gasteiger charge is -2.17. The smallest absolute Gasteiger partial charge is 0.230 e. The van der Waals surface area contributed by atoms with Crippen molar-refractivity contribution in [3.63, 3.8) is 0 Å². The van der Waals surface area contributed by atoms with E-state index in [9.17, 15) is 4.79 Å². The molecule has 0 aliphatic heterocycles. The van der Waals surface area contributed by atoms with E-state index in [1.54, 1.807) is 24.5 Å². The van der Waals surface area contributed by atoms with Crippen molar-refractivity contribution in [2.45, 2.75) is 38.2 Å². The molecule has 0 saturated carbocycles. The molecular weight excluding hydrogens is 424 g/mol. The predicted octanol–water partition coefficient (Wildman–Crippen LogP) is 4.57. The summed E-state index contributed by atoms with van der Waals surface area (Å²) in [6, 6.07) is 9.06. The number of nitrogens with one attached hydrogen (secondary N) is 1. The number of thioether (sulfide) groups is 1. The van der Waals surface area contributed by atoms with Gasteiger partial charge in [0.15, 0.2) is 17.1 Å². The zero-order chi connectivity index (χ0) is 21.5. The first kappa shape index (κ1) is 22.0. The van der Waals surface area contributed by atoms with E-state index >= 15 is 0 Å². The number of furan rings is 1. The molecule has 1 N–H and O–H groups in total. The van der Waals surface area contributed by atoms with Gasteiger partial charge in [-0.2, -0.15) is 0 Å². The summed E-state index contributed by atoms with van der Waals surface area (Å²) in [6.45, 7) is 8.50. The second-order valence-corrected chi connectivity index (χ2v) is 7.93. The Morgan fingerprint density at radius 3 is 2.97 bits per heavy atom. The summed E-state index contributed by atoms with van der Waals surface area (Å²) in [5.41, 5.74) is 0.937. The molecule has 0 radical (unpaired) electrons. The molecule has 1 amide bonds. The van der Waals surface area contributed by atoms with Crippen molar-refractivity contribution in [3.8, 4) is 5.75 Å². The van der Waals surface area contributed by atoms with Gasteiger partial charge in [0, 0.05) is 11.6 Å². The van der Waals surface area contributed by atoms with E-state index < -0.39 is 0 Å². The van der Waals surface area contributed by atoms with Crippen LogP contribution in [0.2, 0.25) is 5.02 Å². The fourth-order valence-electron chi connectivity index (χ4n) is 2.78. The number of hydrogen-bond donors (Lipinski definition) is 1. The van der Waals surface area contributed by atoms with Crippen molar-refractivity contribution in [3.05, 3.63) is 71.4 Å². The average molecular weight is 447 g/mol. The van der Waals surface area contributed by atoms with Crippen LogP contribution in [0.15, 0.2) is 58.8 Å². The number of halogens is 1.